The first-order valence-electron chi connectivity index (χ1n) is 9.42. The van der Waals surface area contributed by atoms with Gasteiger partial charge in [0.15, 0.2) is 0 Å². The summed E-state index contributed by atoms with van der Waals surface area (Å²) in [4.78, 5) is 12.6. The van der Waals surface area contributed by atoms with E-state index in [0.29, 0.717) is 16.3 Å². The summed E-state index contributed by atoms with van der Waals surface area (Å²) in [5, 5.41) is 3.54. The van der Waals surface area contributed by atoms with Crippen LogP contribution in [0.1, 0.15) is 34.5 Å². The van der Waals surface area contributed by atoms with Crippen LogP contribution in [0, 0.1) is 0 Å². The fraction of sp³-hybridized carbons (Fsp3) is 0.174. The van der Waals surface area contributed by atoms with Crippen molar-refractivity contribution in [3.63, 3.8) is 0 Å². The molecule has 0 aliphatic rings. The van der Waals surface area contributed by atoms with Crippen LogP contribution >= 0.6 is 11.6 Å². The molecule has 3 rings (SSSR count). The first-order valence-corrected chi connectivity index (χ1v) is 11.6. The van der Waals surface area contributed by atoms with Crippen LogP contribution in [0.25, 0.3) is 0 Å². The molecule has 3 aromatic carbocycles. The number of carbonyl (C=O) groups is 1. The van der Waals surface area contributed by atoms with Crippen molar-refractivity contribution < 1.29 is 13.2 Å². The highest BCUT2D eigenvalue weighted by Gasteiger charge is 2.19. The van der Waals surface area contributed by atoms with Gasteiger partial charge < -0.3 is 5.32 Å². The van der Waals surface area contributed by atoms with Crippen molar-refractivity contribution in [1.29, 1.82) is 0 Å². The van der Waals surface area contributed by atoms with E-state index >= 15 is 0 Å². The van der Waals surface area contributed by atoms with Crippen molar-refractivity contribution in [2.24, 2.45) is 0 Å². The van der Waals surface area contributed by atoms with Gasteiger partial charge in [-0.25, -0.2) is 8.42 Å². The highest BCUT2D eigenvalue weighted by molar-refractivity contribution is 7.92. The van der Waals surface area contributed by atoms with E-state index in [4.69, 9.17) is 11.6 Å². The molecule has 5 nitrogen and oxygen atoms in total. The lowest BCUT2D eigenvalue weighted by molar-refractivity contribution is 0.0940. The van der Waals surface area contributed by atoms with Gasteiger partial charge in [-0.1, -0.05) is 54.1 Å². The Hall–Kier alpha value is -2.83. The standard InChI is InChI=1S/C23H23ClN2O3S/c1-17(19-6-4-3-5-7-19)25-23(27)20-10-14-22(15-11-20)26(30(2,28)29)16-18-8-12-21(24)13-9-18/h3-15,17H,16H2,1-2H3,(H,25,27)/t17-/m1/s1. The number of hydrogen-bond donors (Lipinski definition) is 1. The molecular formula is C23H23ClN2O3S. The van der Waals surface area contributed by atoms with Crippen LogP contribution in [-0.4, -0.2) is 20.6 Å². The van der Waals surface area contributed by atoms with Crippen LogP contribution in [0.5, 0.6) is 0 Å². The molecule has 0 unspecified atom stereocenters. The molecule has 156 valence electrons. The summed E-state index contributed by atoms with van der Waals surface area (Å²) in [6.45, 7) is 2.09. The average Bonchev–Trinajstić information content (AvgIpc) is 2.73. The maximum absolute atomic E-state index is 12.6. The lowest BCUT2D eigenvalue weighted by atomic mass is 10.1. The zero-order valence-corrected chi connectivity index (χ0v) is 18.3. The number of nitrogens with one attached hydrogen (secondary N) is 1. The number of rotatable bonds is 7. The first-order chi connectivity index (χ1) is 14.2. The van der Waals surface area contributed by atoms with Crippen molar-refractivity contribution in [2.75, 3.05) is 10.6 Å². The Labute approximate surface area is 182 Å². The molecule has 0 aromatic heterocycles. The van der Waals surface area contributed by atoms with Gasteiger partial charge in [0.05, 0.1) is 24.5 Å². The Bertz CT molecular complexity index is 1100. The molecule has 0 saturated heterocycles. The van der Waals surface area contributed by atoms with E-state index in [2.05, 4.69) is 5.32 Å². The van der Waals surface area contributed by atoms with Crippen LogP contribution in [0.3, 0.4) is 0 Å². The number of carbonyl (C=O) groups excluding carboxylic acids is 1. The van der Waals surface area contributed by atoms with Gasteiger partial charge in [-0.15, -0.1) is 0 Å². The second-order valence-electron chi connectivity index (χ2n) is 7.05. The van der Waals surface area contributed by atoms with Gasteiger partial charge in [0.2, 0.25) is 10.0 Å². The number of benzene rings is 3. The van der Waals surface area contributed by atoms with E-state index < -0.39 is 10.0 Å². The molecule has 0 aliphatic carbocycles. The Kier molecular flexibility index (Phi) is 6.80. The first kappa shape index (κ1) is 21.9. The Morgan fingerprint density at radius 1 is 0.967 bits per heavy atom. The van der Waals surface area contributed by atoms with Gasteiger partial charge >= 0.3 is 0 Å². The Balaban J connectivity index is 1.76. The SMILES string of the molecule is C[C@@H](NC(=O)c1ccc(N(Cc2ccc(Cl)cc2)S(C)(=O)=O)cc1)c1ccccc1. The van der Waals surface area contributed by atoms with Gasteiger partial charge in [0.25, 0.3) is 5.91 Å². The smallest absolute Gasteiger partial charge is 0.251 e. The number of anilines is 1. The van der Waals surface area contributed by atoms with E-state index in [1.54, 1.807) is 48.5 Å². The number of nitrogens with zero attached hydrogens (tertiary/aromatic N) is 1. The van der Waals surface area contributed by atoms with Crippen LogP contribution in [0.2, 0.25) is 5.02 Å². The van der Waals surface area contributed by atoms with Crippen LogP contribution in [-0.2, 0) is 16.6 Å². The number of sulfonamides is 1. The number of amides is 1. The Morgan fingerprint density at radius 3 is 2.13 bits per heavy atom. The summed E-state index contributed by atoms with van der Waals surface area (Å²) in [5.74, 6) is -0.221. The molecule has 1 N–H and O–H groups in total. The third-order valence-corrected chi connectivity index (χ3v) is 6.10. The molecule has 0 spiro atoms. The van der Waals surface area contributed by atoms with E-state index in [-0.39, 0.29) is 18.5 Å². The van der Waals surface area contributed by atoms with Gasteiger partial charge in [0, 0.05) is 10.6 Å². The lowest BCUT2D eigenvalue weighted by Gasteiger charge is -2.23. The van der Waals surface area contributed by atoms with Gasteiger partial charge in [-0.05, 0) is 54.4 Å². The molecule has 0 bridgehead atoms. The summed E-state index contributed by atoms with van der Waals surface area (Å²) in [7, 11) is -3.51. The molecule has 0 aliphatic heterocycles. The third-order valence-electron chi connectivity index (χ3n) is 4.70. The normalized spacial score (nSPS) is 12.2. The number of hydrogen-bond acceptors (Lipinski definition) is 3. The van der Waals surface area contributed by atoms with E-state index in [1.165, 1.54) is 4.31 Å². The highest BCUT2D eigenvalue weighted by Crippen LogP contribution is 2.22. The maximum Gasteiger partial charge on any atom is 0.251 e. The lowest BCUT2D eigenvalue weighted by Crippen LogP contribution is -2.29. The molecule has 1 atom stereocenters. The fourth-order valence-electron chi connectivity index (χ4n) is 3.04. The topological polar surface area (TPSA) is 66.5 Å². The highest BCUT2D eigenvalue weighted by atomic mass is 35.5. The minimum absolute atomic E-state index is 0.143. The molecule has 3 aromatic rings. The van der Waals surface area contributed by atoms with Crippen LogP contribution in [0.15, 0.2) is 78.9 Å². The zero-order chi connectivity index (χ0) is 21.7. The van der Waals surface area contributed by atoms with Crippen LogP contribution < -0.4 is 9.62 Å². The van der Waals surface area contributed by atoms with Crippen molar-refractivity contribution in [2.45, 2.75) is 19.5 Å². The van der Waals surface area contributed by atoms with E-state index in [0.717, 1.165) is 17.4 Å². The molecule has 30 heavy (non-hydrogen) atoms. The van der Waals surface area contributed by atoms with E-state index in [1.807, 2.05) is 37.3 Å². The van der Waals surface area contributed by atoms with Crippen molar-refractivity contribution in [1.82, 2.24) is 5.32 Å². The zero-order valence-electron chi connectivity index (χ0n) is 16.7. The van der Waals surface area contributed by atoms with Gasteiger partial charge in [-0.3, -0.25) is 9.10 Å². The summed E-state index contributed by atoms with van der Waals surface area (Å²) < 4.78 is 26.0. The van der Waals surface area contributed by atoms with Crippen molar-refractivity contribution in [3.8, 4) is 0 Å². The van der Waals surface area contributed by atoms with Gasteiger partial charge in [0.1, 0.15) is 0 Å². The molecular weight excluding hydrogens is 420 g/mol. The predicted molar refractivity (Wildman–Crippen MR) is 121 cm³/mol. The van der Waals surface area contributed by atoms with Gasteiger partial charge in [-0.2, -0.15) is 0 Å². The maximum atomic E-state index is 12.6. The van der Waals surface area contributed by atoms with Crippen molar-refractivity contribution >= 4 is 33.2 Å². The summed E-state index contributed by atoms with van der Waals surface area (Å²) in [5.41, 5.74) is 2.76. The summed E-state index contributed by atoms with van der Waals surface area (Å²) in [6, 6.07) is 23.1. The molecule has 0 fully saturated rings. The molecule has 0 heterocycles. The van der Waals surface area contributed by atoms with Crippen LogP contribution in [0.4, 0.5) is 5.69 Å². The molecule has 1 amide bonds. The molecule has 7 heteroatoms. The fourth-order valence-corrected chi connectivity index (χ4v) is 4.05. The van der Waals surface area contributed by atoms with Crippen molar-refractivity contribution in [3.05, 3.63) is 101 Å². The Morgan fingerprint density at radius 2 is 1.57 bits per heavy atom. The minimum Gasteiger partial charge on any atom is -0.346 e. The average molecular weight is 443 g/mol. The summed E-state index contributed by atoms with van der Waals surface area (Å²) >= 11 is 5.91. The second kappa shape index (κ2) is 9.32. The quantitative estimate of drug-likeness (QED) is 0.571. The number of halogens is 1. The molecule has 0 radical (unpaired) electrons. The largest absolute Gasteiger partial charge is 0.346 e. The molecule has 0 saturated carbocycles. The minimum atomic E-state index is -3.51. The second-order valence-corrected chi connectivity index (χ2v) is 9.39. The summed E-state index contributed by atoms with van der Waals surface area (Å²) in [6.07, 6.45) is 1.16. The third kappa shape index (κ3) is 5.62. The monoisotopic (exact) mass is 442 g/mol. The van der Waals surface area contributed by atoms with E-state index in [9.17, 15) is 13.2 Å². The predicted octanol–water partition coefficient (Wildman–Crippen LogP) is 4.80.